The first-order valence-electron chi connectivity index (χ1n) is 9.46. The second-order valence-corrected chi connectivity index (χ2v) is 9.45. The molecular weight excluding hydrogens is 366 g/mol. The highest BCUT2D eigenvalue weighted by atomic mass is 32.2. The molecule has 1 aromatic rings. The van der Waals surface area contributed by atoms with E-state index in [1.54, 1.807) is 19.2 Å². The first-order valence-corrected chi connectivity index (χ1v) is 10.9. The van der Waals surface area contributed by atoms with Crippen LogP contribution in [0.25, 0.3) is 0 Å². The summed E-state index contributed by atoms with van der Waals surface area (Å²) in [5, 5.41) is 6.33. The lowest BCUT2D eigenvalue weighted by molar-refractivity contribution is 0.0511. The van der Waals surface area contributed by atoms with Crippen molar-refractivity contribution in [3.63, 3.8) is 0 Å². The number of benzene rings is 1. The molecule has 0 radical (unpaired) electrons. The fourth-order valence-electron chi connectivity index (χ4n) is 3.50. The molecule has 0 atom stereocenters. The molecule has 8 heteroatoms. The number of amides is 1. The Hall–Kier alpha value is -1.48. The lowest BCUT2D eigenvalue weighted by atomic mass is 9.79. The molecule has 150 valence electrons. The molecule has 1 saturated carbocycles. The van der Waals surface area contributed by atoms with Crippen LogP contribution in [0.1, 0.15) is 41.6 Å². The number of ether oxygens (including phenoxy) is 1. The van der Waals surface area contributed by atoms with Crippen molar-refractivity contribution in [1.82, 2.24) is 15.4 Å². The normalized spacial score (nSPS) is 19.6. The van der Waals surface area contributed by atoms with Crippen molar-refractivity contribution >= 4 is 15.9 Å². The zero-order valence-corrected chi connectivity index (χ0v) is 16.8. The van der Waals surface area contributed by atoms with Crippen molar-refractivity contribution in [2.24, 2.45) is 5.41 Å². The van der Waals surface area contributed by atoms with E-state index in [0.717, 1.165) is 44.3 Å². The van der Waals surface area contributed by atoms with Crippen LogP contribution in [0.5, 0.6) is 0 Å². The van der Waals surface area contributed by atoms with E-state index >= 15 is 0 Å². The molecule has 0 spiro atoms. The van der Waals surface area contributed by atoms with Crippen molar-refractivity contribution in [2.75, 3.05) is 33.4 Å². The molecule has 2 aliphatic rings. The van der Waals surface area contributed by atoms with E-state index in [9.17, 15) is 13.2 Å². The van der Waals surface area contributed by atoms with Gasteiger partial charge in [-0.05, 0) is 63.4 Å². The third-order valence-corrected chi connectivity index (χ3v) is 6.92. The summed E-state index contributed by atoms with van der Waals surface area (Å²) in [5.41, 5.74) is 1.07. The summed E-state index contributed by atoms with van der Waals surface area (Å²) in [5.74, 6) is -0.245. The Labute approximate surface area is 161 Å². The lowest BCUT2D eigenvalue weighted by Crippen LogP contribution is -2.47. The summed E-state index contributed by atoms with van der Waals surface area (Å²) < 4.78 is 32.9. The van der Waals surface area contributed by atoms with Gasteiger partial charge in [0.05, 0.1) is 11.5 Å². The van der Waals surface area contributed by atoms with Crippen LogP contribution < -0.4 is 15.4 Å². The van der Waals surface area contributed by atoms with Crippen LogP contribution in [0.3, 0.4) is 0 Å². The number of methoxy groups -OCH3 is 1. The number of piperidine rings is 1. The van der Waals surface area contributed by atoms with Crippen LogP contribution in [0.15, 0.2) is 23.1 Å². The third-order valence-electron chi connectivity index (χ3n) is 5.40. The Morgan fingerprint density at radius 1 is 1.30 bits per heavy atom. The number of aryl methyl sites for hydroxylation is 1. The number of rotatable bonds is 8. The van der Waals surface area contributed by atoms with Crippen LogP contribution in [-0.2, 0) is 14.8 Å². The summed E-state index contributed by atoms with van der Waals surface area (Å²) in [6.07, 6.45) is 3.60. The maximum atomic E-state index is 12.8. The summed E-state index contributed by atoms with van der Waals surface area (Å²) in [7, 11) is -1.91. The summed E-state index contributed by atoms with van der Waals surface area (Å²) in [6.45, 7) is 4.72. The van der Waals surface area contributed by atoms with Crippen molar-refractivity contribution in [3.05, 3.63) is 29.3 Å². The van der Waals surface area contributed by atoms with E-state index in [0.29, 0.717) is 18.7 Å². The minimum Gasteiger partial charge on any atom is -0.384 e. The molecule has 1 heterocycles. The average Bonchev–Trinajstić information content (AvgIpc) is 3.44. The molecule has 27 heavy (non-hydrogen) atoms. The van der Waals surface area contributed by atoms with Crippen molar-refractivity contribution in [3.8, 4) is 0 Å². The van der Waals surface area contributed by atoms with E-state index in [2.05, 4.69) is 15.4 Å². The van der Waals surface area contributed by atoms with Crippen molar-refractivity contribution in [2.45, 2.75) is 43.5 Å². The van der Waals surface area contributed by atoms with Gasteiger partial charge < -0.3 is 15.4 Å². The Bertz CT molecular complexity index is 779. The molecule has 7 nitrogen and oxygen atoms in total. The van der Waals surface area contributed by atoms with Crippen molar-refractivity contribution < 1.29 is 17.9 Å². The predicted octanol–water partition coefficient (Wildman–Crippen LogP) is 1.18. The minimum atomic E-state index is -3.58. The minimum absolute atomic E-state index is 0.0300. The maximum Gasteiger partial charge on any atom is 0.251 e. The highest BCUT2D eigenvalue weighted by Crippen LogP contribution is 2.28. The van der Waals surface area contributed by atoms with Gasteiger partial charge in [-0.3, -0.25) is 4.79 Å². The first-order chi connectivity index (χ1) is 12.9. The van der Waals surface area contributed by atoms with Gasteiger partial charge in [0.1, 0.15) is 0 Å². The zero-order chi connectivity index (χ0) is 19.5. The Balaban J connectivity index is 1.72. The van der Waals surface area contributed by atoms with E-state index in [1.807, 2.05) is 6.92 Å². The molecule has 1 aliphatic heterocycles. The first kappa shape index (κ1) is 20.3. The molecule has 0 unspecified atom stereocenters. The number of sulfonamides is 1. The Kier molecular flexibility index (Phi) is 6.20. The van der Waals surface area contributed by atoms with Crippen LogP contribution in [-0.4, -0.2) is 53.7 Å². The molecule has 3 rings (SSSR count). The van der Waals surface area contributed by atoms with E-state index in [4.69, 9.17) is 4.74 Å². The number of hydrogen-bond acceptors (Lipinski definition) is 5. The second kappa shape index (κ2) is 8.26. The van der Waals surface area contributed by atoms with Crippen LogP contribution in [0.2, 0.25) is 0 Å². The number of nitrogens with one attached hydrogen (secondary N) is 3. The zero-order valence-electron chi connectivity index (χ0n) is 16.0. The summed E-state index contributed by atoms with van der Waals surface area (Å²) in [6, 6.07) is 4.74. The highest BCUT2D eigenvalue weighted by Gasteiger charge is 2.33. The largest absolute Gasteiger partial charge is 0.384 e. The van der Waals surface area contributed by atoms with Gasteiger partial charge in [-0.2, -0.15) is 0 Å². The Morgan fingerprint density at radius 2 is 2.00 bits per heavy atom. The highest BCUT2D eigenvalue weighted by molar-refractivity contribution is 7.89. The second-order valence-electron chi connectivity index (χ2n) is 7.74. The molecular formula is C19H29N3O4S. The maximum absolute atomic E-state index is 12.8. The van der Waals surface area contributed by atoms with Gasteiger partial charge in [0, 0.05) is 30.7 Å². The van der Waals surface area contributed by atoms with E-state index in [-0.39, 0.29) is 22.3 Å². The average molecular weight is 396 g/mol. The van der Waals surface area contributed by atoms with Gasteiger partial charge in [-0.15, -0.1) is 0 Å². The molecule has 3 N–H and O–H groups in total. The molecule has 1 aromatic carbocycles. The summed E-state index contributed by atoms with van der Waals surface area (Å²) >= 11 is 0. The monoisotopic (exact) mass is 395 g/mol. The molecule has 2 fully saturated rings. The third kappa shape index (κ3) is 5.07. The number of carbonyl (C=O) groups is 1. The van der Waals surface area contributed by atoms with E-state index < -0.39 is 10.0 Å². The van der Waals surface area contributed by atoms with Gasteiger partial charge in [-0.1, -0.05) is 6.07 Å². The van der Waals surface area contributed by atoms with E-state index in [1.165, 1.54) is 6.07 Å². The molecule has 0 bridgehead atoms. The molecule has 1 saturated heterocycles. The van der Waals surface area contributed by atoms with Crippen molar-refractivity contribution in [1.29, 1.82) is 0 Å². The standard InChI is InChI=1S/C19H29N3O4S/c1-14-3-6-16(27(24,25)22-15-4-5-15)11-17(14)18(23)21-12-19(13-26-2)7-9-20-10-8-19/h3,6,11,15,20,22H,4-5,7-10,12-13H2,1-2H3,(H,21,23). The molecule has 1 amide bonds. The fraction of sp³-hybridized carbons (Fsp3) is 0.632. The smallest absolute Gasteiger partial charge is 0.251 e. The van der Waals surface area contributed by atoms with Crippen LogP contribution in [0.4, 0.5) is 0 Å². The van der Waals surface area contributed by atoms with Gasteiger partial charge in [-0.25, -0.2) is 13.1 Å². The van der Waals surface area contributed by atoms with Gasteiger partial charge in [0.15, 0.2) is 0 Å². The predicted molar refractivity (Wildman–Crippen MR) is 103 cm³/mol. The fourth-order valence-corrected chi connectivity index (χ4v) is 4.83. The lowest BCUT2D eigenvalue weighted by Gasteiger charge is -2.37. The topological polar surface area (TPSA) is 96.5 Å². The van der Waals surface area contributed by atoms with Crippen LogP contribution in [0, 0.1) is 12.3 Å². The molecule has 1 aliphatic carbocycles. The Morgan fingerprint density at radius 3 is 2.63 bits per heavy atom. The number of carbonyl (C=O) groups excluding carboxylic acids is 1. The SMILES string of the molecule is COCC1(CNC(=O)c2cc(S(=O)(=O)NC3CC3)ccc2C)CCNCC1. The van der Waals surface area contributed by atoms with Gasteiger partial charge in [0.2, 0.25) is 10.0 Å². The summed E-state index contributed by atoms with van der Waals surface area (Å²) in [4.78, 5) is 12.9. The van der Waals surface area contributed by atoms with Gasteiger partial charge in [0.25, 0.3) is 5.91 Å². The van der Waals surface area contributed by atoms with Gasteiger partial charge >= 0.3 is 0 Å². The van der Waals surface area contributed by atoms with Crippen LogP contribution >= 0.6 is 0 Å². The molecule has 0 aromatic heterocycles. The number of hydrogen-bond donors (Lipinski definition) is 3. The quantitative estimate of drug-likeness (QED) is 0.614.